The predicted octanol–water partition coefficient (Wildman–Crippen LogP) is 3.82. The molecule has 1 unspecified atom stereocenters. The van der Waals surface area contributed by atoms with Gasteiger partial charge >= 0.3 is 10.2 Å². The summed E-state index contributed by atoms with van der Waals surface area (Å²) in [4.78, 5) is 0. The molecule has 1 atom stereocenters. The summed E-state index contributed by atoms with van der Waals surface area (Å²) in [5, 5.41) is 6.02. The van der Waals surface area contributed by atoms with Crippen molar-refractivity contribution in [3.63, 3.8) is 0 Å². The Kier molecular flexibility index (Phi) is 5.99. The van der Waals surface area contributed by atoms with Gasteiger partial charge in [-0.1, -0.05) is 67.1 Å². The molecule has 29 heavy (non-hydrogen) atoms. The van der Waals surface area contributed by atoms with E-state index < -0.39 is 10.2 Å². The van der Waals surface area contributed by atoms with Crippen LogP contribution in [-0.2, 0) is 10.2 Å². The smallest absolute Gasteiger partial charge is 0.236 e. The van der Waals surface area contributed by atoms with Crippen LogP contribution in [0.1, 0.15) is 36.3 Å². The summed E-state index contributed by atoms with van der Waals surface area (Å²) >= 11 is 6.36. The Bertz CT molecular complexity index is 1000. The zero-order valence-corrected chi connectivity index (χ0v) is 17.6. The van der Waals surface area contributed by atoms with Crippen molar-refractivity contribution in [2.24, 2.45) is 9.50 Å². The summed E-state index contributed by atoms with van der Waals surface area (Å²) in [5.74, 6) is -0.0276. The van der Waals surface area contributed by atoms with Crippen LogP contribution in [0.4, 0.5) is 0 Å². The predicted molar refractivity (Wildman–Crippen MR) is 116 cm³/mol. The fourth-order valence-electron chi connectivity index (χ4n) is 3.73. The molecule has 0 amide bonds. The Morgan fingerprint density at radius 1 is 0.966 bits per heavy atom. The van der Waals surface area contributed by atoms with E-state index in [0.29, 0.717) is 19.6 Å². The molecule has 8 heteroatoms. The Morgan fingerprint density at radius 2 is 1.59 bits per heavy atom. The molecular weight excluding hydrogens is 408 g/mol. The molecule has 0 spiro atoms. The van der Waals surface area contributed by atoms with Crippen LogP contribution in [0.15, 0.2) is 70.2 Å². The van der Waals surface area contributed by atoms with Crippen molar-refractivity contribution in [2.75, 3.05) is 19.6 Å². The molecule has 0 N–H and O–H groups in total. The van der Waals surface area contributed by atoms with Gasteiger partial charge in [0.1, 0.15) is 0 Å². The fraction of sp³-hybridized carbons (Fsp3) is 0.333. The summed E-state index contributed by atoms with van der Waals surface area (Å²) < 4.78 is 30.5. The lowest BCUT2D eigenvalue weighted by atomic mass is 9.91. The van der Waals surface area contributed by atoms with E-state index in [-0.39, 0.29) is 11.2 Å². The Morgan fingerprint density at radius 3 is 2.24 bits per heavy atom. The first kappa shape index (κ1) is 20.1. The second-order valence-corrected chi connectivity index (χ2v) is 9.13. The van der Waals surface area contributed by atoms with Crippen LogP contribution < -0.4 is 0 Å². The van der Waals surface area contributed by atoms with Gasteiger partial charge in [0.05, 0.1) is 12.3 Å². The summed E-state index contributed by atoms with van der Waals surface area (Å²) in [5.41, 5.74) is 2.92. The van der Waals surface area contributed by atoms with Crippen LogP contribution in [0.3, 0.4) is 0 Å². The van der Waals surface area contributed by atoms with E-state index in [4.69, 9.17) is 11.6 Å². The number of benzene rings is 2. The normalized spacial score (nSPS) is 21.3. The number of rotatable bonds is 4. The van der Waals surface area contributed by atoms with Crippen LogP contribution >= 0.6 is 11.6 Å². The van der Waals surface area contributed by atoms with Crippen molar-refractivity contribution < 1.29 is 8.42 Å². The molecule has 0 bridgehead atoms. The SMILES string of the molecule is O=S(=O)(/N=C(/Cl)N1CC(c2ccccc2)C(c2ccccc2)=N1)N1CCCCC1. The lowest BCUT2D eigenvalue weighted by Gasteiger charge is -2.24. The quantitative estimate of drug-likeness (QED) is 0.420. The first-order valence-corrected chi connectivity index (χ1v) is 11.5. The minimum atomic E-state index is -3.81. The Labute approximate surface area is 176 Å². The minimum absolute atomic E-state index is 0.0276. The highest BCUT2D eigenvalue weighted by Gasteiger charge is 2.32. The average Bonchev–Trinajstić information content (AvgIpc) is 3.21. The number of hydrogen-bond acceptors (Lipinski definition) is 3. The molecule has 4 rings (SSSR count). The van der Waals surface area contributed by atoms with Crippen molar-refractivity contribution in [1.29, 1.82) is 0 Å². The molecule has 0 aliphatic carbocycles. The van der Waals surface area contributed by atoms with Gasteiger partial charge in [-0.3, -0.25) is 0 Å². The third-order valence-corrected chi connectivity index (χ3v) is 7.03. The van der Waals surface area contributed by atoms with Crippen LogP contribution in [-0.4, -0.2) is 48.4 Å². The highest BCUT2D eigenvalue weighted by Crippen LogP contribution is 2.29. The molecule has 1 fully saturated rings. The topological polar surface area (TPSA) is 65.3 Å². The van der Waals surface area contributed by atoms with E-state index >= 15 is 0 Å². The van der Waals surface area contributed by atoms with E-state index in [0.717, 1.165) is 36.1 Å². The number of halogens is 1. The Balaban J connectivity index is 1.64. The van der Waals surface area contributed by atoms with Crippen LogP contribution in [0, 0.1) is 0 Å². The second-order valence-electron chi connectivity index (χ2n) is 7.19. The second kappa shape index (κ2) is 8.65. The van der Waals surface area contributed by atoms with Crippen molar-refractivity contribution in [3.8, 4) is 0 Å². The molecule has 0 saturated carbocycles. The summed E-state index contributed by atoms with van der Waals surface area (Å²) in [6, 6.07) is 19.9. The lowest BCUT2D eigenvalue weighted by molar-refractivity contribution is 0.347. The maximum atomic E-state index is 12.6. The number of hydrazone groups is 1. The van der Waals surface area contributed by atoms with E-state index in [1.807, 2.05) is 60.7 Å². The molecular formula is C21H23ClN4O2S. The fourth-order valence-corrected chi connectivity index (χ4v) is 5.22. The van der Waals surface area contributed by atoms with Gasteiger partial charge in [-0.25, -0.2) is 5.01 Å². The van der Waals surface area contributed by atoms with Gasteiger partial charge in [-0.2, -0.15) is 17.8 Å². The molecule has 0 aromatic heterocycles. The third-order valence-electron chi connectivity index (χ3n) is 5.23. The molecule has 2 aromatic carbocycles. The van der Waals surface area contributed by atoms with E-state index in [1.54, 1.807) is 0 Å². The molecule has 2 aliphatic rings. The summed E-state index contributed by atoms with van der Waals surface area (Å²) in [6.45, 7) is 1.41. The van der Waals surface area contributed by atoms with Crippen LogP contribution in [0.25, 0.3) is 0 Å². The molecule has 2 aliphatic heterocycles. The van der Waals surface area contributed by atoms with Gasteiger partial charge in [0.2, 0.25) is 5.29 Å². The molecule has 0 radical (unpaired) electrons. The maximum Gasteiger partial charge on any atom is 0.325 e. The summed E-state index contributed by atoms with van der Waals surface area (Å²) in [7, 11) is -3.81. The zero-order chi connectivity index (χ0) is 20.3. The lowest BCUT2D eigenvalue weighted by Crippen LogP contribution is -2.35. The van der Waals surface area contributed by atoms with E-state index in [2.05, 4.69) is 9.50 Å². The van der Waals surface area contributed by atoms with Gasteiger partial charge in [-0.15, -0.1) is 4.40 Å². The van der Waals surface area contributed by atoms with E-state index in [9.17, 15) is 8.42 Å². The number of amidine groups is 1. The standard InChI is InChI=1S/C21H23ClN4O2S/c22-21(24-29(27,28)25-14-8-3-9-15-25)26-16-19(17-10-4-1-5-11-17)20(23-26)18-12-6-2-7-13-18/h1-2,4-7,10-13,19H,3,8-9,14-16H2/b24-21-. The van der Waals surface area contributed by atoms with Gasteiger partial charge in [0.15, 0.2) is 0 Å². The Hall–Kier alpha value is -2.22. The largest absolute Gasteiger partial charge is 0.325 e. The van der Waals surface area contributed by atoms with Crippen LogP contribution in [0.5, 0.6) is 0 Å². The highest BCUT2D eigenvalue weighted by atomic mass is 35.5. The van der Waals surface area contributed by atoms with Crippen molar-refractivity contribution in [3.05, 3.63) is 71.8 Å². The molecule has 2 aromatic rings. The first-order valence-electron chi connectivity index (χ1n) is 9.76. The minimum Gasteiger partial charge on any atom is -0.236 e. The monoisotopic (exact) mass is 430 g/mol. The molecule has 6 nitrogen and oxygen atoms in total. The van der Waals surface area contributed by atoms with Crippen molar-refractivity contribution >= 4 is 32.8 Å². The van der Waals surface area contributed by atoms with Gasteiger partial charge in [0, 0.05) is 19.0 Å². The number of piperidine rings is 1. The highest BCUT2D eigenvalue weighted by molar-refractivity contribution is 7.88. The molecule has 2 heterocycles. The van der Waals surface area contributed by atoms with Gasteiger partial charge in [-0.05, 0) is 35.6 Å². The molecule has 152 valence electrons. The molecule has 1 saturated heterocycles. The third kappa shape index (κ3) is 4.52. The van der Waals surface area contributed by atoms with Gasteiger partial charge < -0.3 is 0 Å². The van der Waals surface area contributed by atoms with Crippen molar-refractivity contribution in [1.82, 2.24) is 9.31 Å². The zero-order valence-electron chi connectivity index (χ0n) is 16.0. The maximum absolute atomic E-state index is 12.6. The average molecular weight is 431 g/mol. The summed E-state index contributed by atoms with van der Waals surface area (Å²) in [6.07, 6.45) is 2.74. The van der Waals surface area contributed by atoms with Gasteiger partial charge in [0.25, 0.3) is 0 Å². The number of nitrogens with zero attached hydrogens (tertiary/aromatic N) is 4. The van der Waals surface area contributed by atoms with E-state index in [1.165, 1.54) is 9.31 Å². The number of hydrogen-bond donors (Lipinski definition) is 0. The first-order chi connectivity index (χ1) is 14.0. The van der Waals surface area contributed by atoms with Crippen LogP contribution in [0.2, 0.25) is 0 Å². The van der Waals surface area contributed by atoms with Crippen molar-refractivity contribution in [2.45, 2.75) is 25.2 Å².